The zero-order valence-corrected chi connectivity index (χ0v) is 14.6. The van der Waals surface area contributed by atoms with Gasteiger partial charge in [-0.2, -0.15) is 5.10 Å². The number of nitrogens with zero attached hydrogens (tertiary/aromatic N) is 3. The molecule has 2 atom stereocenters. The molecule has 0 saturated carbocycles. The average Bonchev–Trinajstić information content (AvgIpc) is 2.63. The van der Waals surface area contributed by atoms with Gasteiger partial charge in [0.25, 0.3) is 0 Å². The van der Waals surface area contributed by atoms with Crippen LogP contribution in [0.5, 0.6) is 0 Å². The Morgan fingerprint density at radius 2 is 2.17 bits per heavy atom. The maximum Gasteiger partial charge on any atom is 0.151 e. The molecule has 128 valence electrons. The monoisotopic (exact) mass is 346 g/mol. The number of rotatable bonds is 6. The third-order valence-corrected chi connectivity index (χ3v) is 4.60. The second-order valence-corrected chi connectivity index (χ2v) is 6.53. The molecular formula is C18H23ClN4O. The van der Waals surface area contributed by atoms with Gasteiger partial charge in [-0.3, -0.25) is 0 Å². The Bertz CT molecular complexity index is 623. The summed E-state index contributed by atoms with van der Waals surface area (Å²) in [4.78, 5) is 2.29. The van der Waals surface area contributed by atoms with Crippen molar-refractivity contribution in [2.24, 2.45) is 0 Å². The Morgan fingerprint density at radius 3 is 2.88 bits per heavy atom. The number of piperidine rings is 1. The second-order valence-electron chi connectivity index (χ2n) is 6.09. The molecule has 2 aromatic rings. The minimum absolute atomic E-state index is 0.152. The van der Waals surface area contributed by atoms with Gasteiger partial charge in [0.05, 0.1) is 12.6 Å². The van der Waals surface area contributed by atoms with Crippen LogP contribution in [0.3, 0.4) is 0 Å². The molecule has 0 amide bonds. The molecule has 3 rings (SSSR count). The van der Waals surface area contributed by atoms with Crippen LogP contribution in [-0.4, -0.2) is 43.0 Å². The van der Waals surface area contributed by atoms with Crippen LogP contribution in [0.25, 0.3) is 0 Å². The van der Waals surface area contributed by atoms with E-state index in [1.807, 2.05) is 24.3 Å². The molecule has 2 heterocycles. The number of anilines is 1. The molecule has 1 saturated heterocycles. The largest absolute Gasteiger partial charge is 0.383 e. The Hall–Kier alpha value is -1.69. The lowest BCUT2D eigenvalue weighted by atomic mass is 10.0. The number of hydrogen-bond donors (Lipinski definition) is 1. The predicted molar refractivity (Wildman–Crippen MR) is 96.5 cm³/mol. The van der Waals surface area contributed by atoms with E-state index >= 15 is 0 Å². The molecule has 0 radical (unpaired) electrons. The second kappa shape index (κ2) is 8.42. The maximum absolute atomic E-state index is 6.00. The first-order valence-corrected chi connectivity index (χ1v) is 8.67. The van der Waals surface area contributed by atoms with Gasteiger partial charge in [-0.05, 0) is 42.7 Å². The van der Waals surface area contributed by atoms with E-state index in [2.05, 4.69) is 32.5 Å². The summed E-state index contributed by atoms with van der Waals surface area (Å²) in [5, 5.41) is 12.7. The molecule has 24 heavy (non-hydrogen) atoms. The van der Waals surface area contributed by atoms with E-state index in [0.29, 0.717) is 12.6 Å². The Balaban J connectivity index is 1.67. The predicted octanol–water partition coefficient (Wildman–Crippen LogP) is 3.08. The van der Waals surface area contributed by atoms with Crippen LogP contribution in [-0.2, 0) is 4.74 Å². The van der Waals surface area contributed by atoms with Crippen molar-refractivity contribution in [1.82, 2.24) is 15.5 Å². The first-order valence-electron chi connectivity index (χ1n) is 8.29. The lowest BCUT2D eigenvalue weighted by molar-refractivity contribution is 0.158. The minimum atomic E-state index is 0.152. The van der Waals surface area contributed by atoms with Gasteiger partial charge in [-0.25, -0.2) is 0 Å². The fourth-order valence-corrected chi connectivity index (χ4v) is 3.30. The van der Waals surface area contributed by atoms with Gasteiger partial charge in [0.15, 0.2) is 5.82 Å². The molecule has 1 aromatic heterocycles. The van der Waals surface area contributed by atoms with Gasteiger partial charge in [0.1, 0.15) is 0 Å². The Kier molecular flexibility index (Phi) is 6.01. The smallest absolute Gasteiger partial charge is 0.151 e. The van der Waals surface area contributed by atoms with Crippen molar-refractivity contribution in [2.45, 2.75) is 24.9 Å². The van der Waals surface area contributed by atoms with E-state index in [1.54, 1.807) is 13.3 Å². The maximum atomic E-state index is 6.00. The highest BCUT2D eigenvalue weighted by atomic mass is 35.5. The van der Waals surface area contributed by atoms with E-state index in [1.165, 1.54) is 5.56 Å². The van der Waals surface area contributed by atoms with Gasteiger partial charge in [0.2, 0.25) is 0 Å². The van der Waals surface area contributed by atoms with Crippen molar-refractivity contribution in [3.05, 3.63) is 53.2 Å². The zero-order valence-electron chi connectivity index (χ0n) is 13.9. The molecule has 1 aliphatic rings. The first-order chi connectivity index (χ1) is 11.8. The fraction of sp³-hybridized carbons (Fsp3) is 0.444. The molecule has 0 bridgehead atoms. The summed E-state index contributed by atoms with van der Waals surface area (Å²) in [7, 11) is 1.73. The zero-order chi connectivity index (χ0) is 16.8. The highest BCUT2D eigenvalue weighted by Gasteiger charge is 2.24. The summed E-state index contributed by atoms with van der Waals surface area (Å²) >= 11 is 6.00. The average molecular weight is 347 g/mol. The summed E-state index contributed by atoms with van der Waals surface area (Å²) in [5.74, 6) is 0.943. The van der Waals surface area contributed by atoms with E-state index < -0.39 is 0 Å². The number of aromatic nitrogens is 2. The molecule has 0 aliphatic carbocycles. The first kappa shape index (κ1) is 17.1. The summed E-state index contributed by atoms with van der Waals surface area (Å²) < 4.78 is 5.41. The van der Waals surface area contributed by atoms with E-state index in [9.17, 15) is 0 Å². The van der Waals surface area contributed by atoms with Crippen molar-refractivity contribution in [3.8, 4) is 0 Å². The molecule has 0 spiro atoms. The van der Waals surface area contributed by atoms with Gasteiger partial charge >= 0.3 is 0 Å². The topological polar surface area (TPSA) is 50.3 Å². The van der Waals surface area contributed by atoms with Crippen LogP contribution in [0.4, 0.5) is 5.82 Å². The molecule has 0 unspecified atom stereocenters. The lowest BCUT2D eigenvalue weighted by Gasteiger charge is -2.35. The van der Waals surface area contributed by atoms with Crippen molar-refractivity contribution in [1.29, 1.82) is 0 Å². The van der Waals surface area contributed by atoms with Crippen molar-refractivity contribution in [3.63, 3.8) is 0 Å². The highest BCUT2D eigenvalue weighted by molar-refractivity contribution is 6.30. The summed E-state index contributed by atoms with van der Waals surface area (Å²) in [6.45, 7) is 2.57. The molecule has 1 N–H and O–H groups in total. The molecular weight excluding hydrogens is 324 g/mol. The van der Waals surface area contributed by atoms with Crippen LogP contribution in [0.1, 0.15) is 24.4 Å². The fourth-order valence-electron chi connectivity index (χ4n) is 3.17. The number of methoxy groups -OCH3 is 1. The quantitative estimate of drug-likeness (QED) is 0.871. The number of ether oxygens (including phenoxy) is 1. The van der Waals surface area contributed by atoms with E-state index in [0.717, 1.165) is 36.8 Å². The van der Waals surface area contributed by atoms with Gasteiger partial charge in [-0.15, -0.1) is 5.10 Å². The number of benzene rings is 1. The Labute approximate surface area is 148 Å². The Morgan fingerprint density at radius 1 is 1.33 bits per heavy atom. The van der Waals surface area contributed by atoms with Crippen LogP contribution in [0, 0.1) is 0 Å². The number of nitrogens with one attached hydrogen (secondary N) is 1. The normalized spacial score (nSPS) is 19.2. The van der Waals surface area contributed by atoms with Crippen LogP contribution in [0.2, 0.25) is 5.02 Å². The molecule has 6 heteroatoms. The summed E-state index contributed by atoms with van der Waals surface area (Å²) in [5.41, 5.74) is 1.19. The third-order valence-electron chi connectivity index (χ3n) is 4.35. The lowest BCUT2D eigenvalue weighted by Crippen LogP contribution is -2.47. The SMILES string of the molecule is COC[C@H](N[C@@H]1CCCN(c2cccnn2)C1)c1ccc(Cl)cc1. The van der Waals surface area contributed by atoms with Crippen molar-refractivity contribution < 1.29 is 4.74 Å². The van der Waals surface area contributed by atoms with Gasteiger partial charge in [-0.1, -0.05) is 23.7 Å². The van der Waals surface area contributed by atoms with Crippen LogP contribution in [0.15, 0.2) is 42.6 Å². The molecule has 1 aromatic carbocycles. The number of hydrogen-bond acceptors (Lipinski definition) is 5. The molecule has 1 aliphatic heterocycles. The summed E-state index contributed by atoms with van der Waals surface area (Å²) in [6.07, 6.45) is 3.98. The van der Waals surface area contributed by atoms with Gasteiger partial charge in [0, 0.05) is 37.5 Å². The van der Waals surface area contributed by atoms with Crippen molar-refractivity contribution >= 4 is 17.4 Å². The van der Waals surface area contributed by atoms with E-state index in [-0.39, 0.29) is 6.04 Å². The summed E-state index contributed by atoms with van der Waals surface area (Å²) in [6, 6.07) is 12.4. The van der Waals surface area contributed by atoms with Gasteiger partial charge < -0.3 is 15.0 Å². The minimum Gasteiger partial charge on any atom is -0.383 e. The standard InChI is InChI=1S/C18H23ClN4O/c1-24-13-17(14-6-8-15(19)9-7-14)21-16-4-3-11-23(12-16)18-5-2-10-20-22-18/h2,5-10,16-17,21H,3-4,11-13H2,1H3/t16-,17+/m1/s1. The third kappa shape index (κ3) is 4.44. The highest BCUT2D eigenvalue weighted by Crippen LogP contribution is 2.21. The van der Waals surface area contributed by atoms with Crippen LogP contribution < -0.4 is 10.2 Å². The van der Waals surface area contributed by atoms with Crippen molar-refractivity contribution in [2.75, 3.05) is 31.7 Å². The molecule has 5 nitrogen and oxygen atoms in total. The molecule has 1 fully saturated rings. The number of halogens is 1. The van der Waals surface area contributed by atoms with Crippen LogP contribution >= 0.6 is 11.6 Å². The van der Waals surface area contributed by atoms with E-state index in [4.69, 9.17) is 16.3 Å².